The van der Waals surface area contributed by atoms with Crippen molar-refractivity contribution in [2.75, 3.05) is 39.6 Å². The molecule has 0 fully saturated rings. The zero-order valence-corrected chi connectivity index (χ0v) is 61.7. The molecule has 0 saturated carbocycles. The predicted molar refractivity (Wildman–Crippen MR) is 399 cm³/mol. The average Bonchev–Trinajstić information content (AvgIpc) is 2.48. The van der Waals surface area contributed by atoms with E-state index in [1.165, 1.54) is 70.6 Å². The van der Waals surface area contributed by atoms with E-state index in [9.17, 15) is 43.5 Å². The molecule has 0 bridgehead atoms. The van der Waals surface area contributed by atoms with Crippen molar-refractivity contribution >= 4 is 33.6 Å². The Morgan fingerprint density at radius 3 is 0.928 bits per heavy atom. The van der Waals surface area contributed by atoms with E-state index in [2.05, 4.69) is 161 Å². The van der Waals surface area contributed by atoms with Crippen LogP contribution in [0.25, 0.3) is 0 Å². The molecular weight excluding hydrogens is 1270 g/mol. The largest absolute Gasteiger partial charge is 0.472 e. The molecule has 0 aliphatic carbocycles. The molecule has 0 heterocycles. The summed E-state index contributed by atoms with van der Waals surface area (Å²) in [6, 6.07) is 0. The maximum absolute atomic E-state index is 12.9. The van der Waals surface area contributed by atoms with E-state index in [1.807, 2.05) is 18.2 Å². The van der Waals surface area contributed by atoms with E-state index in [4.69, 9.17) is 32.3 Å². The van der Waals surface area contributed by atoms with Gasteiger partial charge in [0.05, 0.1) is 26.4 Å². The third kappa shape index (κ3) is 72.2. The molecule has 0 aromatic heterocycles. The van der Waals surface area contributed by atoms with Gasteiger partial charge in [-0.2, -0.15) is 0 Å². The fourth-order valence-electron chi connectivity index (χ4n) is 9.18. The summed E-state index contributed by atoms with van der Waals surface area (Å²) in [5, 5.41) is 20.6. The number of esters is 3. The third-order valence-corrected chi connectivity index (χ3v) is 16.6. The number of carbonyl (C=O) groups is 3. The summed E-state index contributed by atoms with van der Waals surface area (Å²) < 4.78 is 60.9. The van der Waals surface area contributed by atoms with Gasteiger partial charge in [0.15, 0.2) is 6.10 Å². The number of hydrogen-bond donors (Lipinski definition) is 4. The van der Waals surface area contributed by atoms with Crippen molar-refractivity contribution in [1.29, 1.82) is 0 Å². The van der Waals surface area contributed by atoms with Gasteiger partial charge in [0.2, 0.25) is 0 Å². The van der Waals surface area contributed by atoms with Crippen LogP contribution in [0.1, 0.15) is 265 Å². The Kier molecular flexibility index (Phi) is 67.5. The van der Waals surface area contributed by atoms with Gasteiger partial charge in [0.25, 0.3) is 0 Å². The lowest BCUT2D eigenvalue weighted by molar-refractivity contribution is -0.161. The molecule has 0 aliphatic rings. The average molecular weight is 1400 g/mol. The van der Waals surface area contributed by atoms with Crippen molar-refractivity contribution in [1.82, 2.24) is 0 Å². The van der Waals surface area contributed by atoms with Crippen molar-refractivity contribution in [2.24, 2.45) is 0 Å². The van der Waals surface area contributed by atoms with Crippen LogP contribution in [0.4, 0.5) is 0 Å². The van der Waals surface area contributed by atoms with Crippen molar-refractivity contribution in [3.63, 3.8) is 0 Å². The molecule has 18 heteroatoms. The zero-order valence-electron chi connectivity index (χ0n) is 59.9. The van der Waals surface area contributed by atoms with E-state index in [-0.39, 0.29) is 19.3 Å². The van der Waals surface area contributed by atoms with Crippen molar-refractivity contribution in [2.45, 2.75) is 283 Å². The van der Waals surface area contributed by atoms with E-state index in [0.29, 0.717) is 25.7 Å². The molecule has 16 nitrogen and oxygen atoms in total. The summed E-state index contributed by atoms with van der Waals surface area (Å²) in [6.07, 6.45) is 87.4. The number of allylic oxidation sites excluding steroid dienone is 26. The maximum atomic E-state index is 12.9. The Balaban J connectivity index is 4.63. The lowest BCUT2D eigenvalue weighted by atomic mass is 10.0. The Morgan fingerprint density at radius 1 is 0.299 bits per heavy atom. The Bertz CT molecular complexity index is 2400. The number of hydrogen-bond acceptors (Lipinski definition) is 14. The lowest BCUT2D eigenvalue weighted by Gasteiger charge is -2.21. The summed E-state index contributed by atoms with van der Waals surface area (Å²) in [7, 11) is -9.82. The summed E-state index contributed by atoms with van der Waals surface area (Å²) in [4.78, 5) is 58.5. The van der Waals surface area contributed by atoms with Gasteiger partial charge in [-0.1, -0.05) is 269 Å². The van der Waals surface area contributed by atoms with Crippen LogP contribution in [-0.2, 0) is 55.8 Å². The smallest absolute Gasteiger partial charge is 0.463 e. The van der Waals surface area contributed by atoms with Crippen LogP contribution in [-0.4, -0.2) is 95.9 Å². The molecule has 0 aliphatic heterocycles. The van der Waals surface area contributed by atoms with Crippen molar-refractivity contribution < 1.29 is 75.8 Å². The highest BCUT2D eigenvalue weighted by Gasteiger charge is 2.29. The molecule has 0 amide bonds. The first-order chi connectivity index (χ1) is 47.2. The second kappa shape index (κ2) is 71.0. The summed E-state index contributed by atoms with van der Waals surface area (Å²) in [5.74, 6) is -1.71. The quantitative estimate of drug-likeness (QED) is 0.0146. The molecule has 5 unspecified atom stereocenters. The van der Waals surface area contributed by atoms with Crippen LogP contribution in [0, 0.1) is 0 Å². The fourth-order valence-corrected chi connectivity index (χ4v) is 10.8. The second-order valence-corrected chi connectivity index (χ2v) is 26.9. The molecule has 4 N–H and O–H groups in total. The number of phosphoric ester groups is 2. The van der Waals surface area contributed by atoms with Crippen LogP contribution in [0.5, 0.6) is 0 Å². The Morgan fingerprint density at radius 2 is 0.567 bits per heavy atom. The topological polar surface area (TPSA) is 231 Å². The van der Waals surface area contributed by atoms with E-state index < -0.39 is 91.5 Å². The molecular formula is C79H130O16P2. The van der Waals surface area contributed by atoms with Crippen LogP contribution >= 0.6 is 15.6 Å². The normalized spacial score (nSPS) is 15.0. The predicted octanol–water partition coefficient (Wildman–Crippen LogP) is 21.1. The molecule has 5 atom stereocenters. The van der Waals surface area contributed by atoms with Gasteiger partial charge in [-0.3, -0.25) is 32.5 Å². The molecule has 0 aromatic carbocycles. The van der Waals surface area contributed by atoms with Crippen molar-refractivity contribution in [3.8, 4) is 0 Å². The maximum Gasteiger partial charge on any atom is 0.472 e. The van der Waals surface area contributed by atoms with Crippen LogP contribution in [0.15, 0.2) is 158 Å². The van der Waals surface area contributed by atoms with Gasteiger partial charge in [0, 0.05) is 19.3 Å². The van der Waals surface area contributed by atoms with Gasteiger partial charge in [0.1, 0.15) is 25.4 Å². The highest BCUT2D eigenvalue weighted by molar-refractivity contribution is 7.47. The van der Waals surface area contributed by atoms with Gasteiger partial charge in [-0.25, -0.2) is 9.13 Å². The summed E-state index contributed by atoms with van der Waals surface area (Å²) in [6.45, 7) is 2.29. The molecule has 0 radical (unpaired) electrons. The molecule has 0 spiro atoms. The number of aliphatic hydroxyl groups excluding tert-OH is 2. The fraction of sp³-hybridized carbons (Fsp3) is 0.633. The number of carbonyl (C=O) groups excluding carboxylic acids is 3. The first-order valence-corrected chi connectivity index (χ1v) is 39.8. The van der Waals surface area contributed by atoms with Crippen LogP contribution in [0.2, 0.25) is 0 Å². The first kappa shape index (κ1) is 92.2. The minimum absolute atomic E-state index is 0.0356. The van der Waals surface area contributed by atoms with E-state index in [0.717, 1.165) is 128 Å². The third-order valence-electron chi connectivity index (χ3n) is 14.7. The van der Waals surface area contributed by atoms with Gasteiger partial charge in [-0.15, -0.1) is 0 Å². The zero-order chi connectivity index (χ0) is 70.9. The first-order valence-electron chi connectivity index (χ1n) is 36.8. The standard InChI is InChI=1S/C79H130O16P2/c1-4-7-10-13-16-19-22-25-28-30-32-33-34-35-36-37-38-39-41-43-45-47-50-53-56-59-62-65-77(82)89-68-74(80)69-91-96(85,86)92-70-75(81)71-93-97(87,88)94-73-76(95-79(84)67-64-61-58-55-52-49-44-27-24-21-18-15-12-9-6-3)72-90-78(83)66-63-60-57-54-51-48-46-42-40-31-29-26-23-20-17-14-11-8-5-2/h8-9,11-12,16-21,25-29,32-33,35-36,40,42,44,48,51,57,60,74-76,80-81H,4-7,10,13-15,22-24,30-31,34,37-39,41,43,45-47,49-50,52-56,58-59,61-73H2,1-3H3,(H,85,86)(H,87,88)/b11-8-,12-9-,19-16-,20-17-,21-18-,28-25-,29-26-,33-32-,36-35-,42-40-,44-27-,51-48-,60-57-. The summed E-state index contributed by atoms with van der Waals surface area (Å²) in [5.41, 5.74) is 0. The Labute approximate surface area is 587 Å². The highest BCUT2D eigenvalue weighted by atomic mass is 31.2. The highest BCUT2D eigenvalue weighted by Crippen LogP contribution is 2.45. The molecule has 0 saturated heterocycles. The van der Waals surface area contributed by atoms with Gasteiger partial charge >= 0.3 is 33.6 Å². The second-order valence-electron chi connectivity index (χ2n) is 24.0. The minimum Gasteiger partial charge on any atom is -0.463 e. The lowest BCUT2D eigenvalue weighted by Crippen LogP contribution is -2.30. The number of rotatable bonds is 68. The van der Waals surface area contributed by atoms with E-state index in [1.54, 1.807) is 0 Å². The monoisotopic (exact) mass is 1400 g/mol. The number of phosphoric acid groups is 2. The van der Waals surface area contributed by atoms with Crippen LogP contribution in [0.3, 0.4) is 0 Å². The van der Waals surface area contributed by atoms with Gasteiger partial charge in [-0.05, 0) is 135 Å². The number of unbranched alkanes of at least 4 members (excludes halogenated alkanes) is 19. The van der Waals surface area contributed by atoms with Crippen LogP contribution < -0.4 is 0 Å². The van der Waals surface area contributed by atoms with E-state index >= 15 is 0 Å². The summed E-state index contributed by atoms with van der Waals surface area (Å²) >= 11 is 0. The molecule has 97 heavy (non-hydrogen) atoms. The number of ether oxygens (including phenoxy) is 3. The molecule has 552 valence electrons. The minimum atomic E-state index is -4.95. The SMILES string of the molecule is CC/C=C\C/C=C\C/C=C\C/C=C\C/C=C\C/C=C\CCC(=O)OCC(COP(=O)(O)OCC(O)COP(=O)(O)OCC(O)COC(=O)CCCCCCCCCCCCC/C=C\C/C=C\C/C=C\C/C=C\CCCCC)OC(=O)CCCCCCC/C=C\C/C=C\C/C=C\CC. The Hall–Kier alpha value is -4.83. The molecule has 0 aromatic rings. The number of aliphatic hydroxyl groups is 2. The molecule has 0 rings (SSSR count). The van der Waals surface area contributed by atoms with Crippen molar-refractivity contribution in [3.05, 3.63) is 158 Å². The van der Waals surface area contributed by atoms with Gasteiger partial charge < -0.3 is 34.2 Å².